The Bertz CT molecular complexity index is 1810. The highest BCUT2D eigenvalue weighted by Crippen LogP contribution is 2.26. The van der Waals surface area contributed by atoms with Gasteiger partial charge in [0.2, 0.25) is 11.9 Å². The first-order chi connectivity index (χ1) is 24.5. The standard InChI is InChI=1S/C35H47FN6O10S.HI/c1-33(2,3)49-29(45)26(52-40-27(28(43)44)25-20-53-30(38-25)39-32(47)51-35(7,8)9)19-48-22-12-13-23(24(36)16-22)21-17-41(10)42(18-21)15-11-14-37-31(46)50-34(4,5)6;/h12-13,16-18,20,26H,11,14-15,19H2,1-10H3,(H2-,37,38,39,43,44,46,47);1H/b40-27-;. The van der Waals surface area contributed by atoms with Crippen molar-refractivity contribution in [2.24, 2.45) is 12.2 Å². The molecule has 3 aromatic rings. The van der Waals surface area contributed by atoms with Crippen LogP contribution in [-0.2, 0) is 42.2 Å². The van der Waals surface area contributed by atoms with Gasteiger partial charge in [-0.05, 0) is 80.9 Å². The predicted molar refractivity (Wildman–Crippen MR) is 192 cm³/mol. The van der Waals surface area contributed by atoms with Crippen molar-refractivity contribution in [1.29, 1.82) is 0 Å². The first kappa shape index (κ1) is 45.6. The van der Waals surface area contributed by atoms with E-state index in [-0.39, 0.29) is 46.1 Å². The fourth-order valence-corrected chi connectivity index (χ4v) is 4.99. The van der Waals surface area contributed by atoms with Gasteiger partial charge < -0.3 is 58.2 Å². The molecule has 3 N–H and O–H groups in total. The molecule has 0 aliphatic rings. The summed E-state index contributed by atoms with van der Waals surface area (Å²) in [6.45, 7) is 15.7. The molecule has 1 unspecified atom stereocenters. The fraction of sp³-hybridized carbons (Fsp3) is 0.514. The number of carbonyl (C=O) groups excluding carboxylic acids is 3. The number of hydrogen-bond donors (Lipinski definition) is 3. The number of thiazole rings is 1. The minimum atomic E-state index is -1.57. The Labute approximate surface area is 334 Å². The van der Waals surface area contributed by atoms with Crippen LogP contribution < -0.4 is 44.0 Å². The van der Waals surface area contributed by atoms with E-state index in [1.54, 1.807) is 79.4 Å². The Balaban J connectivity index is 0.0000101. The van der Waals surface area contributed by atoms with Crippen LogP contribution in [0.4, 0.5) is 19.1 Å². The van der Waals surface area contributed by atoms with Gasteiger partial charge in [0, 0.05) is 23.6 Å². The number of carboxylic acid groups (broad SMARTS) is 1. The first-order valence-corrected chi connectivity index (χ1v) is 17.5. The van der Waals surface area contributed by atoms with E-state index in [0.717, 1.165) is 17.4 Å². The van der Waals surface area contributed by atoms with E-state index < -0.39 is 65.2 Å². The molecule has 0 spiro atoms. The summed E-state index contributed by atoms with van der Waals surface area (Å²) in [5.74, 6) is -2.99. The quantitative estimate of drug-likeness (QED) is 0.0410. The number of carbonyl (C=O) groups is 4. The monoisotopic (exact) mass is 890 g/mol. The number of anilines is 1. The highest BCUT2D eigenvalue weighted by molar-refractivity contribution is 7.14. The van der Waals surface area contributed by atoms with Gasteiger partial charge in [-0.1, -0.05) is 5.16 Å². The highest BCUT2D eigenvalue weighted by atomic mass is 127. The van der Waals surface area contributed by atoms with Crippen LogP contribution in [0.15, 0.2) is 41.1 Å². The molecule has 298 valence electrons. The van der Waals surface area contributed by atoms with Crippen LogP contribution in [0, 0.1) is 5.82 Å². The minimum Gasteiger partial charge on any atom is -1.00 e. The van der Waals surface area contributed by atoms with Gasteiger partial charge in [-0.3, -0.25) is 5.32 Å². The van der Waals surface area contributed by atoms with Crippen LogP contribution >= 0.6 is 11.3 Å². The molecule has 0 radical (unpaired) electrons. The van der Waals surface area contributed by atoms with Gasteiger partial charge >= 0.3 is 24.1 Å². The predicted octanol–water partition coefficient (Wildman–Crippen LogP) is 2.44. The van der Waals surface area contributed by atoms with E-state index in [4.69, 9.17) is 23.8 Å². The van der Waals surface area contributed by atoms with E-state index in [1.807, 2.05) is 11.7 Å². The normalized spacial score (nSPS) is 12.5. The summed E-state index contributed by atoms with van der Waals surface area (Å²) in [5.41, 5.74) is -2.24. The lowest BCUT2D eigenvalue weighted by Crippen LogP contribution is -3.00. The van der Waals surface area contributed by atoms with Crippen LogP contribution in [0.2, 0.25) is 0 Å². The van der Waals surface area contributed by atoms with Crippen molar-refractivity contribution >= 4 is 46.3 Å². The first-order valence-electron chi connectivity index (χ1n) is 16.6. The summed E-state index contributed by atoms with van der Waals surface area (Å²) in [4.78, 5) is 58.5. The van der Waals surface area contributed by atoms with E-state index in [1.165, 1.54) is 17.5 Å². The average molecular weight is 891 g/mol. The third-order valence-electron chi connectivity index (χ3n) is 6.40. The maximum atomic E-state index is 15.4. The number of aryl methyl sites for hydroxylation is 2. The Hall–Kier alpha value is -4.53. The topological polar surface area (TPSA) is 193 Å². The van der Waals surface area contributed by atoms with Gasteiger partial charge in [0.25, 0.3) is 6.10 Å². The van der Waals surface area contributed by atoms with Crippen molar-refractivity contribution in [3.63, 3.8) is 0 Å². The van der Waals surface area contributed by atoms with Crippen molar-refractivity contribution in [2.45, 2.75) is 98.2 Å². The van der Waals surface area contributed by atoms with Crippen LogP contribution in [0.1, 0.15) is 74.4 Å². The summed E-state index contributed by atoms with van der Waals surface area (Å²) < 4.78 is 40.6. The highest BCUT2D eigenvalue weighted by Gasteiger charge is 2.30. The van der Waals surface area contributed by atoms with E-state index in [0.29, 0.717) is 25.1 Å². The van der Waals surface area contributed by atoms with Gasteiger partial charge in [0.05, 0.1) is 18.3 Å². The second-order valence-corrected chi connectivity index (χ2v) is 15.6. The molecule has 2 amide bonds. The number of amides is 2. The molecule has 2 heterocycles. The maximum Gasteiger partial charge on any atom is 0.413 e. The lowest BCUT2D eigenvalue weighted by Gasteiger charge is -2.23. The second-order valence-electron chi connectivity index (χ2n) is 14.7. The number of benzene rings is 1. The zero-order valence-electron chi connectivity index (χ0n) is 31.9. The lowest BCUT2D eigenvalue weighted by atomic mass is 10.1. The number of alkyl carbamates (subject to hydrolysis) is 1. The van der Waals surface area contributed by atoms with Crippen molar-refractivity contribution in [1.82, 2.24) is 15.0 Å². The summed E-state index contributed by atoms with van der Waals surface area (Å²) in [6, 6.07) is 4.17. The van der Waals surface area contributed by atoms with Crippen molar-refractivity contribution in [2.75, 3.05) is 18.5 Å². The summed E-state index contributed by atoms with van der Waals surface area (Å²) in [6.07, 6.45) is 1.28. The number of nitrogens with one attached hydrogen (secondary N) is 2. The summed E-state index contributed by atoms with van der Waals surface area (Å²) in [5, 5.41) is 20.0. The number of hydrogen-bond acceptors (Lipinski definition) is 12. The van der Waals surface area contributed by atoms with Crippen molar-refractivity contribution < 1.29 is 81.1 Å². The molecule has 1 atom stereocenters. The molecule has 3 rings (SSSR count). The minimum absolute atomic E-state index is 0. The molecule has 2 aromatic heterocycles. The number of rotatable bonds is 14. The number of halogens is 2. The van der Waals surface area contributed by atoms with E-state index in [2.05, 4.69) is 20.8 Å². The molecular weight excluding hydrogens is 842 g/mol. The van der Waals surface area contributed by atoms with Crippen LogP contribution in [0.5, 0.6) is 5.75 Å². The number of nitrogens with zero attached hydrogens (tertiary/aromatic N) is 4. The molecule has 16 nitrogen and oxygen atoms in total. The average Bonchev–Trinajstić information content (AvgIpc) is 3.59. The Morgan fingerprint density at radius 2 is 1.63 bits per heavy atom. The zero-order valence-corrected chi connectivity index (χ0v) is 34.9. The number of aromatic nitrogens is 3. The molecule has 0 aliphatic carbocycles. The third-order valence-corrected chi connectivity index (χ3v) is 7.16. The number of ether oxygens (including phenoxy) is 4. The van der Waals surface area contributed by atoms with Crippen LogP contribution in [-0.4, -0.2) is 80.7 Å². The molecule has 0 saturated heterocycles. The maximum absolute atomic E-state index is 15.4. The number of oxime groups is 1. The zero-order chi connectivity index (χ0) is 39.7. The van der Waals surface area contributed by atoms with Crippen LogP contribution in [0.25, 0.3) is 11.1 Å². The third kappa shape index (κ3) is 15.4. The van der Waals surface area contributed by atoms with Gasteiger partial charge in [0.15, 0.2) is 12.2 Å². The van der Waals surface area contributed by atoms with Crippen molar-refractivity contribution in [3.05, 3.63) is 47.5 Å². The van der Waals surface area contributed by atoms with E-state index >= 15 is 4.39 Å². The Kier molecular flexibility index (Phi) is 16.2. The number of esters is 1. The molecule has 0 aliphatic heterocycles. The van der Waals surface area contributed by atoms with Gasteiger partial charge in [-0.2, -0.15) is 4.68 Å². The SMILES string of the molecule is C[n+]1cc(-c2ccc(OCC(O/N=C(\C(=O)O)c3csc(NC(=O)OC(C)(C)C)n3)C(=O)OC(C)(C)C)cc2F)cn1CCCNC(=O)OC(C)(C)C.[I-]. The largest absolute Gasteiger partial charge is 1.00 e. The summed E-state index contributed by atoms with van der Waals surface area (Å²) >= 11 is 0.920. The molecule has 54 heavy (non-hydrogen) atoms. The number of aliphatic carboxylic acids is 1. The Morgan fingerprint density at radius 3 is 2.22 bits per heavy atom. The van der Waals surface area contributed by atoms with Crippen molar-refractivity contribution in [3.8, 4) is 16.9 Å². The summed E-state index contributed by atoms with van der Waals surface area (Å²) in [7, 11) is 1.81. The van der Waals surface area contributed by atoms with Gasteiger partial charge in [-0.15, -0.1) is 16.0 Å². The van der Waals surface area contributed by atoms with Gasteiger partial charge in [0.1, 0.15) is 40.7 Å². The molecule has 1 aromatic carbocycles. The van der Waals surface area contributed by atoms with Gasteiger partial charge in [-0.25, -0.2) is 28.6 Å². The second kappa shape index (κ2) is 19.2. The molecule has 0 saturated carbocycles. The van der Waals surface area contributed by atoms with E-state index in [9.17, 15) is 24.3 Å². The lowest BCUT2D eigenvalue weighted by molar-refractivity contribution is -0.753. The number of carboxylic acids is 1. The fourth-order valence-electron chi connectivity index (χ4n) is 4.31. The molecule has 0 fully saturated rings. The smallest absolute Gasteiger partial charge is 0.413 e. The molecule has 0 bridgehead atoms. The molecule has 19 heteroatoms. The Morgan fingerprint density at radius 1 is 1.00 bits per heavy atom. The molecular formula is C35H48FIN6O10S. The van der Waals surface area contributed by atoms with Crippen LogP contribution in [0.3, 0.4) is 0 Å².